The average molecular weight is 351 g/mol. The summed E-state index contributed by atoms with van der Waals surface area (Å²) in [6.45, 7) is 1.58. The fraction of sp³-hybridized carbons (Fsp3) is 0.375. The second-order valence-electron chi connectivity index (χ2n) is 6.04. The van der Waals surface area contributed by atoms with Crippen molar-refractivity contribution in [3.8, 4) is 0 Å². The SMILES string of the molecule is O=C(Nc1ccc(Cl)cc1Cl)c1cnc2n1[C@H](C1CC1)CNC2. The van der Waals surface area contributed by atoms with Crippen molar-refractivity contribution < 1.29 is 4.79 Å². The van der Waals surface area contributed by atoms with E-state index < -0.39 is 0 Å². The van der Waals surface area contributed by atoms with Gasteiger partial charge in [0.25, 0.3) is 5.91 Å². The quantitative estimate of drug-likeness (QED) is 0.890. The molecule has 1 atom stereocenters. The number of anilines is 1. The predicted octanol–water partition coefficient (Wildman–Crippen LogP) is 3.50. The molecule has 2 N–H and O–H groups in total. The number of hydrogen-bond acceptors (Lipinski definition) is 3. The fourth-order valence-corrected chi connectivity index (χ4v) is 3.58. The third-order valence-electron chi connectivity index (χ3n) is 4.42. The van der Waals surface area contributed by atoms with Crippen LogP contribution in [0.2, 0.25) is 10.0 Å². The lowest BCUT2D eigenvalue weighted by molar-refractivity contribution is 0.101. The van der Waals surface area contributed by atoms with Gasteiger partial charge < -0.3 is 15.2 Å². The number of nitrogens with zero attached hydrogens (tertiary/aromatic N) is 2. The van der Waals surface area contributed by atoms with Crippen LogP contribution in [0, 0.1) is 5.92 Å². The van der Waals surface area contributed by atoms with E-state index in [-0.39, 0.29) is 5.91 Å². The molecule has 0 bridgehead atoms. The lowest BCUT2D eigenvalue weighted by Crippen LogP contribution is -2.36. The molecule has 1 aromatic carbocycles. The molecule has 2 heterocycles. The van der Waals surface area contributed by atoms with Crippen LogP contribution in [0.15, 0.2) is 24.4 Å². The molecule has 0 radical (unpaired) electrons. The Labute approximate surface area is 144 Å². The Kier molecular flexibility index (Phi) is 3.79. The van der Waals surface area contributed by atoms with Gasteiger partial charge in [0.15, 0.2) is 0 Å². The van der Waals surface area contributed by atoms with Crippen LogP contribution in [-0.4, -0.2) is 22.0 Å². The Morgan fingerprint density at radius 3 is 2.91 bits per heavy atom. The van der Waals surface area contributed by atoms with Crippen LogP contribution in [-0.2, 0) is 6.54 Å². The largest absolute Gasteiger partial charge is 0.319 e. The molecule has 7 heteroatoms. The minimum absolute atomic E-state index is 0.194. The number of nitrogens with one attached hydrogen (secondary N) is 2. The lowest BCUT2D eigenvalue weighted by Gasteiger charge is -2.27. The summed E-state index contributed by atoms with van der Waals surface area (Å²) < 4.78 is 2.09. The van der Waals surface area contributed by atoms with E-state index >= 15 is 0 Å². The van der Waals surface area contributed by atoms with Gasteiger partial charge in [0, 0.05) is 11.6 Å². The number of fused-ring (bicyclic) bond motifs is 1. The molecule has 2 aromatic rings. The normalized spacial score (nSPS) is 20.2. The molecule has 0 unspecified atom stereocenters. The summed E-state index contributed by atoms with van der Waals surface area (Å²) in [7, 11) is 0. The number of halogens is 2. The maximum Gasteiger partial charge on any atom is 0.273 e. The molecule has 4 rings (SSSR count). The third-order valence-corrected chi connectivity index (χ3v) is 4.97. The zero-order valence-electron chi connectivity index (χ0n) is 12.4. The minimum Gasteiger partial charge on any atom is -0.319 e. The molecule has 1 saturated carbocycles. The highest BCUT2D eigenvalue weighted by atomic mass is 35.5. The van der Waals surface area contributed by atoms with Gasteiger partial charge in [-0.15, -0.1) is 0 Å². The van der Waals surface area contributed by atoms with Crippen molar-refractivity contribution >= 4 is 34.8 Å². The fourth-order valence-electron chi connectivity index (χ4n) is 3.13. The first-order valence-electron chi connectivity index (χ1n) is 7.66. The van der Waals surface area contributed by atoms with Crippen LogP contribution in [0.4, 0.5) is 5.69 Å². The molecule has 1 fully saturated rings. The molecule has 0 saturated heterocycles. The Morgan fingerprint density at radius 1 is 1.35 bits per heavy atom. The molecule has 1 aliphatic heterocycles. The zero-order valence-corrected chi connectivity index (χ0v) is 13.9. The highest BCUT2D eigenvalue weighted by Gasteiger charge is 2.37. The van der Waals surface area contributed by atoms with E-state index in [1.165, 1.54) is 12.8 Å². The summed E-state index contributed by atoms with van der Waals surface area (Å²) in [4.78, 5) is 17.1. The number of benzene rings is 1. The van der Waals surface area contributed by atoms with Crippen molar-refractivity contribution in [1.29, 1.82) is 0 Å². The van der Waals surface area contributed by atoms with E-state index in [2.05, 4.69) is 20.2 Å². The second kappa shape index (κ2) is 5.82. The van der Waals surface area contributed by atoms with E-state index in [1.54, 1.807) is 24.4 Å². The van der Waals surface area contributed by atoms with E-state index in [0.717, 1.165) is 12.4 Å². The first-order chi connectivity index (χ1) is 11.1. The smallest absolute Gasteiger partial charge is 0.273 e. The molecule has 2 aliphatic rings. The summed E-state index contributed by atoms with van der Waals surface area (Å²) in [6, 6.07) is 5.33. The Morgan fingerprint density at radius 2 is 2.17 bits per heavy atom. The maximum atomic E-state index is 12.7. The highest BCUT2D eigenvalue weighted by Crippen LogP contribution is 2.41. The number of rotatable bonds is 3. The van der Waals surface area contributed by atoms with Crippen LogP contribution < -0.4 is 10.6 Å². The van der Waals surface area contributed by atoms with Crippen molar-refractivity contribution in [2.24, 2.45) is 5.92 Å². The topological polar surface area (TPSA) is 59.0 Å². The van der Waals surface area contributed by atoms with Gasteiger partial charge in [-0.1, -0.05) is 23.2 Å². The number of carbonyl (C=O) groups excluding carboxylic acids is 1. The summed E-state index contributed by atoms with van der Waals surface area (Å²) in [6.07, 6.45) is 4.08. The monoisotopic (exact) mass is 350 g/mol. The molecule has 1 amide bonds. The van der Waals surface area contributed by atoms with E-state index in [1.807, 2.05) is 0 Å². The molecular formula is C16H16Cl2N4O. The van der Waals surface area contributed by atoms with Gasteiger partial charge in [0.05, 0.1) is 29.5 Å². The standard InChI is InChI=1S/C16H16Cl2N4O/c17-10-3-4-12(11(18)5-10)21-16(23)14-7-20-15-8-19-6-13(22(14)15)9-1-2-9/h3-5,7,9,13,19H,1-2,6,8H2,(H,21,23)/t13-/m0/s1. The first kappa shape index (κ1) is 15.0. The van der Waals surface area contributed by atoms with Gasteiger partial charge in [0.1, 0.15) is 11.5 Å². The molecule has 5 nitrogen and oxygen atoms in total. The number of imidazole rings is 1. The first-order valence-corrected chi connectivity index (χ1v) is 8.42. The van der Waals surface area contributed by atoms with Crippen molar-refractivity contribution in [1.82, 2.24) is 14.9 Å². The number of aromatic nitrogens is 2. The Balaban J connectivity index is 1.63. The summed E-state index contributed by atoms with van der Waals surface area (Å²) in [5, 5.41) is 7.20. The lowest BCUT2D eigenvalue weighted by atomic mass is 10.1. The maximum absolute atomic E-state index is 12.7. The van der Waals surface area contributed by atoms with Gasteiger partial charge in [-0.05, 0) is 37.0 Å². The van der Waals surface area contributed by atoms with E-state index in [4.69, 9.17) is 23.2 Å². The summed E-state index contributed by atoms with van der Waals surface area (Å²) in [5.74, 6) is 1.36. The van der Waals surface area contributed by atoms with Crippen LogP contribution >= 0.6 is 23.2 Å². The number of amides is 1. The van der Waals surface area contributed by atoms with Crippen LogP contribution in [0.1, 0.15) is 35.2 Å². The second-order valence-corrected chi connectivity index (χ2v) is 6.89. The van der Waals surface area contributed by atoms with Crippen LogP contribution in [0.5, 0.6) is 0 Å². The van der Waals surface area contributed by atoms with Crippen molar-refractivity contribution in [3.63, 3.8) is 0 Å². The highest BCUT2D eigenvalue weighted by molar-refractivity contribution is 6.36. The van der Waals surface area contributed by atoms with Gasteiger partial charge in [-0.2, -0.15) is 0 Å². The number of carbonyl (C=O) groups is 1. The summed E-state index contributed by atoms with van der Waals surface area (Å²) >= 11 is 12.0. The summed E-state index contributed by atoms with van der Waals surface area (Å²) in [5.41, 5.74) is 1.14. The van der Waals surface area contributed by atoms with Gasteiger partial charge in [-0.25, -0.2) is 4.98 Å². The molecule has 0 spiro atoms. The Hall–Kier alpha value is -1.56. The van der Waals surface area contributed by atoms with Crippen molar-refractivity contribution in [2.45, 2.75) is 25.4 Å². The zero-order chi connectivity index (χ0) is 16.0. The van der Waals surface area contributed by atoms with Gasteiger partial charge in [0.2, 0.25) is 0 Å². The Bertz CT molecular complexity index is 769. The van der Waals surface area contributed by atoms with Gasteiger partial charge in [-0.3, -0.25) is 4.79 Å². The minimum atomic E-state index is -0.194. The predicted molar refractivity (Wildman–Crippen MR) is 90.1 cm³/mol. The van der Waals surface area contributed by atoms with E-state index in [0.29, 0.717) is 39.9 Å². The molecule has 23 heavy (non-hydrogen) atoms. The third kappa shape index (κ3) is 2.84. The van der Waals surface area contributed by atoms with Crippen molar-refractivity contribution in [3.05, 3.63) is 46.0 Å². The molecular weight excluding hydrogens is 335 g/mol. The molecule has 1 aromatic heterocycles. The molecule has 120 valence electrons. The average Bonchev–Trinajstić information content (AvgIpc) is 3.28. The number of hydrogen-bond donors (Lipinski definition) is 2. The van der Waals surface area contributed by atoms with Crippen LogP contribution in [0.3, 0.4) is 0 Å². The van der Waals surface area contributed by atoms with E-state index in [9.17, 15) is 4.79 Å². The molecule has 1 aliphatic carbocycles. The van der Waals surface area contributed by atoms with Crippen LogP contribution in [0.25, 0.3) is 0 Å². The van der Waals surface area contributed by atoms with Crippen molar-refractivity contribution in [2.75, 3.05) is 11.9 Å². The van der Waals surface area contributed by atoms with Gasteiger partial charge >= 0.3 is 0 Å².